The molecule has 4 heteroatoms. The first-order valence-electron chi connectivity index (χ1n) is 7.56. The molecule has 0 bridgehead atoms. The second kappa shape index (κ2) is 7.45. The van der Waals surface area contributed by atoms with E-state index in [0.29, 0.717) is 0 Å². The third-order valence-electron chi connectivity index (χ3n) is 3.86. The van der Waals surface area contributed by atoms with Crippen LogP contribution >= 0.6 is 11.3 Å². The van der Waals surface area contributed by atoms with E-state index in [1.54, 1.807) is 11.3 Å². The van der Waals surface area contributed by atoms with E-state index >= 15 is 0 Å². The first kappa shape index (κ1) is 16.6. The predicted octanol–water partition coefficient (Wildman–Crippen LogP) is 3.70. The van der Waals surface area contributed by atoms with E-state index < -0.39 is 0 Å². The lowest BCUT2D eigenvalue weighted by atomic mass is 9.85. The molecule has 0 spiro atoms. The molecule has 0 radical (unpaired) electrons. The Balaban J connectivity index is 1.90. The van der Waals surface area contributed by atoms with Gasteiger partial charge in [-0.3, -0.25) is 4.99 Å². The maximum Gasteiger partial charge on any atom is 0.191 e. The van der Waals surface area contributed by atoms with Crippen molar-refractivity contribution < 1.29 is 0 Å². The van der Waals surface area contributed by atoms with Gasteiger partial charge in [0.15, 0.2) is 5.96 Å². The van der Waals surface area contributed by atoms with Crippen LogP contribution in [-0.2, 0) is 12.0 Å². The molecule has 1 heterocycles. The Morgan fingerprint density at radius 1 is 1.14 bits per heavy atom. The number of nitrogens with zero attached hydrogens (tertiary/aromatic N) is 1. The van der Waals surface area contributed by atoms with Crippen LogP contribution in [0.5, 0.6) is 0 Å². The van der Waals surface area contributed by atoms with Crippen LogP contribution in [0.15, 0.2) is 46.8 Å². The molecule has 0 unspecified atom stereocenters. The van der Waals surface area contributed by atoms with E-state index in [0.717, 1.165) is 19.0 Å². The minimum atomic E-state index is 0.0533. The zero-order chi connectivity index (χ0) is 16.0. The van der Waals surface area contributed by atoms with Crippen LogP contribution in [0.4, 0.5) is 0 Å². The molecule has 22 heavy (non-hydrogen) atoms. The van der Waals surface area contributed by atoms with Crippen molar-refractivity contribution in [2.45, 2.75) is 32.7 Å². The van der Waals surface area contributed by atoms with Gasteiger partial charge in [-0.2, -0.15) is 0 Å². The smallest absolute Gasteiger partial charge is 0.191 e. The van der Waals surface area contributed by atoms with Gasteiger partial charge in [-0.05, 0) is 29.5 Å². The maximum absolute atomic E-state index is 4.31. The molecule has 118 valence electrons. The zero-order valence-electron chi connectivity index (χ0n) is 13.8. The Bertz CT molecular complexity index is 614. The second-order valence-electron chi connectivity index (χ2n) is 6.06. The molecule has 2 aromatic rings. The van der Waals surface area contributed by atoms with Gasteiger partial charge in [0.1, 0.15) is 0 Å². The molecule has 1 aromatic heterocycles. The van der Waals surface area contributed by atoms with Crippen LogP contribution in [0, 0.1) is 6.92 Å². The van der Waals surface area contributed by atoms with E-state index in [-0.39, 0.29) is 5.41 Å². The van der Waals surface area contributed by atoms with Crippen LogP contribution in [-0.4, -0.2) is 19.6 Å². The molecule has 0 aliphatic rings. The van der Waals surface area contributed by atoms with Crippen LogP contribution in [0.2, 0.25) is 0 Å². The lowest BCUT2D eigenvalue weighted by Gasteiger charge is -2.26. The number of thiophene rings is 1. The summed E-state index contributed by atoms with van der Waals surface area (Å²) < 4.78 is 0. The van der Waals surface area contributed by atoms with Gasteiger partial charge in [-0.15, -0.1) is 11.3 Å². The van der Waals surface area contributed by atoms with Crippen molar-refractivity contribution in [1.82, 2.24) is 10.6 Å². The number of aryl methyl sites for hydroxylation is 1. The second-order valence-corrected chi connectivity index (χ2v) is 7.06. The van der Waals surface area contributed by atoms with E-state index in [9.17, 15) is 0 Å². The Hall–Kier alpha value is -1.81. The molecular formula is C18H25N3S. The van der Waals surface area contributed by atoms with Crippen molar-refractivity contribution >= 4 is 17.3 Å². The summed E-state index contributed by atoms with van der Waals surface area (Å²) in [5.74, 6) is 0.844. The van der Waals surface area contributed by atoms with Crippen molar-refractivity contribution in [2.24, 2.45) is 4.99 Å². The van der Waals surface area contributed by atoms with Gasteiger partial charge < -0.3 is 10.6 Å². The summed E-state index contributed by atoms with van der Waals surface area (Å²) in [4.78, 5) is 5.67. The van der Waals surface area contributed by atoms with Gasteiger partial charge in [0.25, 0.3) is 0 Å². The molecule has 0 saturated carbocycles. The Morgan fingerprint density at radius 2 is 1.86 bits per heavy atom. The Labute approximate surface area is 137 Å². The lowest BCUT2D eigenvalue weighted by molar-refractivity contribution is 0.508. The Kier molecular flexibility index (Phi) is 5.61. The highest BCUT2D eigenvalue weighted by Gasteiger charge is 2.20. The molecule has 0 aliphatic carbocycles. The molecular weight excluding hydrogens is 290 g/mol. The topological polar surface area (TPSA) is 36.4 Å². The van der Waals surface area contributed by atoms with Gasteiger partial charge in [0.05, 0.1) is 6.54 Å². The van der Waals surface area contributed by atoms with Crippen LogP contribution in [0.1, 0.15) is 29.9 Å². The van der Waals surface area contributed by atoms with Crippen molar-refractivity contribution in [3.63, 3.8) is 0 Å². The summed E-state index contributed by atoms with van der Waals surface area (Å²) in [6.07, 6.45) is 0. The number of benzene rings is 1. The number of rotatable bonds is 5. The SMILES string of the molecule is CN=C(NCc1sccc1C)NCC(C)(C)c1ccccc1. The fraction of sp³-hybridized carbons (Fsp3) is 0.389. The summed E-state index contributed by atoms with van der Waals surface area (Å²) in [5, 5.41) is 8.95. The number of hydrogen-bond acceptors (Lipinski definition) is 2. The lowest BCUT2D eigenvalue weighted by Crippen LogP contribution is -2.43. The number of nitrogens with one attached hydrogen (secondary N) is 2. The average Bonchev–Trinajstić information content (AvgIpc) is 2.93. The molecule has 0 fully saturated rings. The molecule has 0 atom stereocenters. The van der Waals surface area contributed by atoms with Gasteiger partial charge in [0, 0.05) is 23.9 Å². The number of hydrogen-bond donors (Lipinski definition) is 2. The summed E-state index contributed by atoms with van der Waals surface area (Å²) >= 11 is 1.78. The zero-order valence-corrected chi connectivity index (χ0v) is 14.6. The van der Waals surface area contributed by atoms with E-state index in [1.165, 1.54) is 16.0 Å². The minimum Gasteiger partial charge on any atom is -0.356 e. The first-order chi connectivity index (χ1) is 10.5. The van der Waals surface area contributed by atoms with E-state index in [2.05, 4.69) is 78.2 Å². The van der Waals surface area contributed by atoms with Crippen molar-refractivity contribution in [3.05, 3.63) is 57.8 Å². The third kappa shape index (κ3) is 4.34. The van der Waals surface area contributed by atoms with Crippen LogP contribution < -0.4 is 10.6 Å². The number of guanidine groups is 1. The molecule has 0 amide bonds. The molecule has 3 nitrogen and oxygen atoms in total. The monoisotopic (exact) mass is 315 g/mol. The highest BCUT2D eigenvalue weighted by atomic mass is 32.1. The predicted molar refractivity (Wildman–Crippen MR) is 96.7 cm³/mol. The normalized spacial score (nSPS) is 12.3. The molecule has 2 rings (SSSR count). The standard InChI is InChI=1S/C18H25N3S/c1-14-10-11-22-16(14)12-20-17(19-4)21-13-18(2,3)15-8-6-5-7-9-15/h5-11H,12-13H2,1-4H3,(H2,19,20,21). The van der Waals surface area contributed by atoms with Gasteiger partial charge in [-0.25, -0.2) is 0 Å². The quantitative estimate of drug-likeness (QED) is 0.652. The summed E-state index contributed by atoms with van der Waals surface area (Å²) in [5.41, 5.74) is 2.71. The van der Waals surface area contributed by atoms with Gasteiger partial charge in [0.2, 0.25) is 0 Å². The van der Waals surface area contributed by atoms with E-state index in [1.807, 2.05) is 7.05 Å². The highest BCUT2D eigenvalue weighted by Crippen LogP contribution is 2.21. The molecule has 1 aromatic carbocycles. The highest BCUT2D eigenvalue weighted by molar-refractivity contribution is 7.10. The third-order valence-corrected chi connectivity index (χ3v) is 4.88. The summed E-state index contributed by atoms with van der Waals surface area (Å²) in [7, 11) is 1.81. The fourth-order valence-corrected chi connectivity index (χ4v) is 3.11. The molecule has 2 N–H and O–H groups in total. The molecule has 0 aliphatic heterocycles. The maximum atomic E-state index is 4.31. The van der Waals surface area contributed by atoms with Crippen molar-refractivity contribution in [2.75, 3.05) is 13.6 Å². The van der Waals surface area contributed by atoms with Gasteiger partial charge >= 0.3 is 0 Å². The van der Waals surface area contributed by atoms with E-state index in [4.69, 9.17) is 0 Å². The summed E-state index contributed by atoms with van der Waals surface area (Å²) in [6.45, 7) is 8.27. The van der Waals surface area contributed by atoms with Crippen molar-refractivity contribution in [3.8, 4) is 0 Å². The first-order valence-corrected chi connectivity index (χ1v) is 8.44. The van der Waals surface area contributed by atoms with Crippen molar-refractivity contribution in [1.29, 1.82) is 0 Å². The fourth-order valence-electron chi connectivity index (χ4n) is 2.27. The largest absolute Gasteiger partial charge is 0.356 e. The average molecular weight is 315 g/mol. The van der Waals surface area contributed by atoms with Crippen LogP contribution in [0.25, 0.3) is 0 Å². The number of aliphatic imine (C=N–C) groups is 1. The summed E-state index contributed by atoms with van der Waals surface area (Å²) in [6, 6.07) is 12.7. The van der Waals surface area contributed by atoms with Gasteiger partial charge in [-0.1, -0.05) is 44.2 Å². The minimum absolute atomic E-state index is 0.0533. The Morgan fingerprint density at radius 3 is 2.45 bits per heavy atom. The van der Waals surface area contributed by atoms with Crippen LogP contribution in [0.3, 0.4) is 0 Å². The molecule has 0 saturated heterocycles.